The summed E-state index contributed by atoms with van der Waals surface area (Å²) in [5.74, 6) is -0.745. The predicted molar refractivity (Wildman–Crippen MR) is 183 cm³/mol. The summed E-state index contributed by atoms with van der Waals surface area (Å²) in [6.45, 7) is 3.47. The number of nitrogens with zero attached hydrogens (tertiary/aromatic N) is 2. The molecule has 4 aromatic rings. The van der Waals surface area contributed by atoms with E-state index < -0.39 is 28.5 Å². The fourth-order valence-electron chi connectivity index (χ4n) is 5.81. The topological polar surface area (TPSA) is 86.8 Å². The van der Waals surface area contributed by atoms with Crippen molar-refractivity contribution in [3.63, 3.8) is 0 Å². The Morgan fingerprint density at radius 3 is 2.09 bits per heavy atom. The van der Waals surface area contributed by atoms with Gasteiger partial charge in [-0.25, -0.2) is 8.42 Å². The van der Waals surface area contributed by atoms with Gasteiger partial charge >= 0.3 is 0 Å². The highest BCUT2D eigenvalue weighted by atomic mass is 35.5. The standard InChI is InChI=1S/C37H40ClN3O4S/c1-27-15-19-30(20-16-27)25-40(35(23-29-9-4-3-5-10-29)37(43)39-32-12-6-7-13-32)36(42)26-41(33-14-8-11-31(38)24-33)46(44,45)34-21-17-28(2)18-22-34/h3-5,8-11,14-22,24,32,35H,6-7,12-13,23,25-26H2,1-2H3,(H,39,43)/t35-/m1/s1. The Morgan fingerprint density at radius 1 is 0.826 bits per heavy atom. The molecule has 46 heavy (non-hydrogen) atoms. The smallest absolute Gasteiger partial charge is 0.264 e. The van der Waals surface area contributed by atoms with Crippen LogP contribution < -0.4 is 9.62 Å². The van der Waals surface area contributed by atoms with Crippen molar-refractivity contribution in [2.75, 3.05) is 10.8 Å². The van der Waals surface area contributed by atoms with Crippen LogP contribution in [0.5, 0.6) is 0 Å². The third kappa shape index (κ3) is 8.36. The van der Waals surface area contributed by atoms with Gasteiger partial charge in [-0.3, -0.25) is 13.9 Å². The summed E-state index contributed by atoms with van der Waals surface area (Å²) in [6, 6.07) is 29.5. The Bertz CT molecular complexity index is 1740. The summed E-state index contributed by atoms with van der Waals surface area (Å²) < 4.78 is 29.4. The largest absolute Gasteiger partial charge is 0.352 e. The first-order valence-electron chi connectivity index (χ1n) is 15.6. The van der Waals surface area contributed by atoms with Crippen molar-refractivity contribution in [2.45, 2.75) is 69.5 Å². The minimum absolute atomic E-state index is 0.0481. The van der Waals surface area contributed by atoms with Crippen molar-refractivity contribution in [2.24, 2.45) is 0 Å². The van der Waals surface area contributed by atoms with E-state index in [0.717, 1.165) is 52.2 Å². The molecule has 5 rings (SSSR count). The quantitative estimate of drug-likeness (QED) is 0.181. The number of carbonyl (C=O) groups is 2. The molecular weight excluding hydrogens is 618 g/mol. The zero-order chi connectivity index (χ0) is 32.7. The van der Waals surface area contributed by atoms with Gasteiger partial charge in [0.25, 0.3) is 10.0 Å². The number of amides is 2. The van der Waals surface area contributed by atoms with Gasteiger partial charge in [0.15, 0.2) is 0 Å². The van der Waals surface area contributed by atoms with Crippen LogP contribution in [-0.2, 0) is 32.6 Å². The summed E-state index contributed by atoms with van der Waals surface area (Å²) in [4.78, 5) is 30.3. The number of benzene rings is 4. The fourth-order valence-corrected chi connectivity index (χ4v) is 7.40. The van der Waals surface area contributed by atoms with Crippen LogP contribution in [0.3, 0.4) is 0 Å². The minimum Gasteiger partial charge on any atom is -0.352 e. The maximum atomic E-state index is 14.6. The SMILES string of the molecule is Cc1ccc(CN(C(=O)CN(c2cccc(Cl)c2)S(=O)(=O)c2ccc(C)cc2)[C@H](Cc2ccccc2)C(=O)NC2CCCC2)cc1. The molecule has 1 aliphatic rings. The highest BCUT2D eigenvalue weighted by molar-refractivity contribution is 7.92. The van der Waals surface area contributed by atoms with Crippen molar-refractivity contribution in [1.29, 1.82) is 0 Å². The number of hydrogen-bond donors (Lipinski definition) is 1. The third-order valence-corrected chi connectivity index (χ3v) is 10.5. The number of aryl methyl sites for hydroxylation is 2. The summed E-state index contributed by atoms with van der Waals surface area (Å²) in [6.07, 6.45) is 4.16. The van der Waals surface area contributed by atoms with Crippen molar-refractivity contribution in [1.82, 2.24) is 10.2 Å². The van der Waals surface area contributed by atoms with Crippen molar-refractivity contribution >= 4 is 39.1 Å². The van der Waals surface area contributed by atoms with Crippen molar-refractivity contribution < 1.29 is 18.0 Å². The monoisotopic (exact) mass is 657 g/mol. The summed E-state index contributed by atoms with van der Waals surface area (Å²) in [7, 11) is -4.19. The fraction of sp³-hybridized carbons (Fsp3) is 0.297. The van der Waals surface area contributed by atoms with Crippen molar-refractivity contribution in [3.05, 3.63) is 130 Å². The summed E-state index contributed by atoms with van der Waals surface area (Å²) in [5.41, 5.74) is 3.96. The molecule has 1 atom stereocenters. The normalized spacial score (nSPS) is 14.1. The molecule has 1 fully saturated rings. The Kier molecular flexibility index (Phi) is 10.8. The molecule has 0 spiro atoms. The van der Waals surface area contributed by atoms with E-state index in [1.54, 1.807) is 30.3 Å². The number of rotatable bonds is 12. The third-order valence-electron chi connectivity index (χ3n) is 8.43. The van der Waals surface area contributed by atoms with Gasteiger partial charge in [-0.15, -0.1) is 0 Å². The van der Waals surface area contributed by atoms with E-state index in [1.165, 1.54) is 23.1 Å². The lowest BCUT2D eigenvalue weighted by Gasteiger charge is -2.34. The molecule has 0 aliphatic heterocycles. The predicted octanol–water partition coefficient (Wildman–Crippen LogP) is 6.85. The number of hydrogen-bond acceptors (Lipinski definition) is 4. The number of nitrogens with one attached hydrogen (secondary N) is 1. The van der Waals surface area contributed by atoms with Gasteiger partial charge in [-0.2, -0.15) is 0 Å². The summed E-state index contributed by atoms with van der Waals surface area (Å²) >= 11 is 6.32. The Hall–Kier alpha value is -4.14. The molecule has 0 bridgehead atoms. The van der Waals surface area contributed by atoms with Crippen LogP contribution in [0, 0.1) is 13.8 Å². The second kappa shape index (κ2) is 15.0. The van der Waals surface area contributed by atoms with E-state index in [-0.39, 0.29) is 35.5 Å². The van der Waals surface area contributed by atoms with Crippen LogP contribution in [0.2, 0.25) is 5.02 Å². The van der Waals surface area contributed by atoms with Crippen LogP contribution in [0.1, 0.15) is 47.9 Å². The zero-order valence-electron chi connectivity index (χ0n) is 26.2. The number of sulfonamides is 1. The van der Waals surface area contributed by atoms with Gasteiger partial charge in [0, 0.05) is 24.0 Å². The van der Waals surface area contributed by atoms with E-state index >= 15 is 0 Å². The molecule has 7 nitrogen and oxygen atoms in total. The Balaban J connectivity index is 1.56. The molecule has 1 saturated carbocycles. The molecule has 1 aliphatic carbocycles. The second-order valence-electron chi connectivity index (χ2n) is 12.0. The first-order valence-corrected chi connectivity index (χ1v) is 17.5. The van der Waals surface area contributed by atoms with Crippen LogP contribution in [0.25, 0.3) is 0 Å². The van der Waals surface area contributed by atoms with Crippen LogP contribution in [-0.4, -0.2) is 43.8 Å². The molecule has 240 valence electrons. The molecule has 0 heterocycles. The molecule has 4 aromatic carbocycles. The van der Waals surface area contributed by atoms with E-state index in [4.69, 9.17) is 11.6 Å². The average Bonchev–Trinajstić information content (AvgIpc) is 3.56. The zero-order valence-corrected chi connectivity index (χ0v) is 27.8. The number of carbonyl (C=O) groups excluding carboxylic acids is 2. The van der Waals surface area contributed by atoms with Crippen LogP contribution >= 0.6 is 11.6 Å². The minimum atomic E-state index is -4.19. The molecule has 0 saturated heterocycles. The van der Waals surface area contributed by atoms with Crippen LogP contribution in [0.15, 0.2) is 108 Å². The number of halogens is 1. The van der Waals surface area contributed by atoms with E-state index in [9.17, 15) is 18.0 Å². The van der Waals surface area contributed by atoms with Gasteiger partial charge in [0.05, 0.1) is 10.6 Å². The maximum Gasteiger partial charge on any atom is 0.264 e. The lowest BCUT2D eigenvalue weighted by molar-refractivity contribution is -0.140. The molecule has 1 N–H and O–H groups in total. The molecular formula is C37H40ClN3O4S. The van der Waals surface area contributed by atoms with Crippen molar-refractivity contribution in [3.8, 4) is 0 Å². The molecule has 2 amide bonds. The van der Waals surface area contributed by atoms with Gasteiger partial charge in [0.2, 0.25) is 11.8 Å². The van der Waals surface area contributed by atoms with Gasteiger partial charge in [-0.05, 0) is 68.1 Å². The summed E-state index contributed by atoms with van der Waals surface area (Å²) in [5, 5.41) is 3.54. The maximum absolute atomic E-state index is 14.6. The average molecular weight is 658 g/mol. The molecule has 0 unspecified atom stereocenters. The molecule has 0 radical (unpaired) electrons. The van der Waals surface area contributed by atoms with Crippen LogP contribution in [0.4, 0.5) is 5.69 Å². The highest BCUT2D eigenvalue weighted by Gasteiger charge is 2.35. The van der Waals surface area contributed by atoms with Gasteiger partial charge in [0.1, 0.15) is 12.6 Å². The van der Waals surface area contributed by atoms with E-state index in [0.29, 0.717) is 5.02 Å². The number of anilines is 1. The Labute approximate surface area is 277 Å². The second-order valence-corrected chi connectivity index (χ2v) is 14.3. The molecule has 0 aromatic heterocycles. The first kappa shape index (κ1) is 33.2. The lowest BCUT2D eigenvalue weighted by atomic mass is 10.0. The van der Waals surface area contributed by atoms with E-state index in [1.807, 2.05) is 68.4 Å². The first-order chi connectivity index (χ1) is 22.1. The lowest BCUT2D eigenvalue weighted by Crippen LogP contribution is -2.54. The Morgan fingerprint density at radius 2 is 1.46 bits per heavy atom. The highest BCUT2D eigenvalue weighted by Crippen LogP contribution is 2.28. The molecule has 9 heteroatoms. The van der Waals surface area contributed by atoms with E-state index in [2.05, 4.69) is 5.32 Å². The van der Waals surface area contributed by atoms with Gasteiger partial charge < -0.3 is 10.2 Å². The van der Waals surface area contributed by atoms with Gasteiger partial charge in [-0.1, -0.05) is 108 Å².